The second kappa shape index (κ2) is 16.1. The second-order valence-corrected chi connectivity index (χ2v) is 14.3. The van der Waals surface area contributed by atoms with E-state index in [4.69, 9.17) is 16.3 Å². The molecule has 11 heteroatoms. The Morgan fingerprint density at radius 1 is 1.02 bits per heavy atom. The molecule has 48 heavy (non-hydrogen) atoms. The van der Waals surface area contributed by atoms with E-state index >= 15 is 0 Å². The average molecular weight is 702 g/mol. The van der Waals surface area contributed by atoms with E-state index in [1.165, 1.54) is 29.2 Å². The summed E-state index contributed by atoms with van der Waals surface area (Å²) in [6, 6.07) is 22.7. The molecule has 0 spiro atoms. The van der Waals surface area contributed by atoms with Crippen LogP contribution in [0.5, 0.6) is 0 Å². The number of thioether (sulfide) groups is 1. The highest BCUT2D eigenvalue weighted by atomic mass is 35.5. The first kappa shape index (κ1) is 34.9. The Kier molecular flexibility index (Phi) is 11.8. The predicted octanol–water partition coefficient (Wildman–Crippen LogP) is 8.23. The van der Waals surface area contributed by atoms with Crippen molar-refractivity contribution in [2.24, 2.45) is 5.92 Å². The molecule has 2 unspecified atom stereocenters. The fourth-order valence-electron chi connectivity index (χ4n) is 5.26. The summed E-state index contributed by atoms with van der Waals surface area (Å²) in [5, 5.41) is 9.00. The van der Waals surface area contributed by atoms with Crippen molar-refractivity contribution in [3.8, 4) is 0 Å². The molecule has 0 bridgehead atoms. The summed E-state index contributed by atoms with van der Waals surface area (Å²) < 4.78 is 5.34. The fourth-order valence-corrected chi connectivity index (χ4v) is 7.78. The Labute approximate surface area is 293 Å². The molecule has 3 N–H and O–H groups in total. The smallest absolute Gasteiger partial charge is 0.341 e. The van der Waals surface area contributed by atoms with E-state index in [9.17, 15) is 19.2 Å². The summed E-state index contributed by atoms with van der Waals surface area (Å²) in [6.07, 6.45) is 4.16. The first-order chi connectivity index (χ1) is 23.1. The van der Waals surface area contributed by atoms with E-state index < -0.39 is 23.0 Å². The second-order valence-electron chi connectivity index (χ2n) is 11.4. The Bertz CT molecular complexity index is 1860. The molecule has 2 atom stereocenters. The summed E-state index contributed by atoms with van der Waals surface area (Å²) in [5.74, 6) is -1.14. The van der Waals surface area contributed by atoms with Gasteiger partial charge in [0.2, 0.25) is 5.91 Å². The minimum absolute atomic E-state index is 0.00759. The monoisotopic (exact) mass is 701 g/mol. The first-order valence-electron chi connectivity index (χ1n) is 15.7. The van der Waals surface area contributed by atoms with Gasteiger partial charge in [-0.1, -0.05) is 61.0 Å². The van der Waals surface area contributed by atoms with Crippen molar-refractivity contribution in [3.63, 3.8) is 0 Å². The number of fused-ring (bicyclic) bond motifs is 1. The van der Waals surface area contributed by atoms with Gasteiger partial charge in [0.25, 0.3) is 11.8 Å². The normalized spacial score (nSPS) is 14.8. The van der Waals surface area contributed by atoms with Crippen LogP contribution in [0, 0.1) is 5.92 Å². The number of halogens is 1. The highest BCUT2D eigenvalue weighted by molar-refractivity contribution is 8.00. The summed E-state index contributed by atoms with van der Waals surface area (Å²) in [6.45, 7) is 6.00. The number of hydrogen-bond donors (Lipinski definition) is 3. The number of carbonyl (C=O) groups is 4. The number of esters is 1. The molecule has 0 radical (unpaired) electrons. The lowest BCUT2D eigenvalue weighted by Gasteiger charge is -2.18. The standard InChI is InChI=1S/C37H36ClN3O5S2/c1-4-46-37(45)32-28-18-17-22(2)19-31(28)48-36(32)41-33(42)23(3)47-27-15-10-14-26(21-27)39-35(44)30(20-25-13-8-9-16-29(25)38)40-34(43)24-11-6-5-7-12-24/h5-16,20-23H,4,17-19H2,1-3H3,(H,39,44)(H,40,43)(H,41,42)/b30-20+. The molecule has 0 saturated carbocycles. The van der Waals surface area contributed by atoms with Crippen LogP contribution in [-0.4, -0.2) is 35.5 Å². The van der Waals surface area contributed by atoms with E-state index in [0.29, 0.717) is 38.3 Å². The van der Waals surface area contributed by atoms with Crippen LogP contribution in [0.25, 0.3) is 6.08 Å². The van der Waals surface area contributed by atoms with E-state index in [1.807, 2.05) is 6.07 Å². The highest BCUT2D eigenvalue weighted by Gasteiger charge is 2.30. The van der Waals surface area contributed by atoms with Gasteiger partial charge in [-0.2, -0.15) is 0 Å². The molecular formula is C37H36ClN3O5S2. The van der Waals surface area contributed by atoms with Gasteiger partial charge < -0.3 is 20.7 Å². The van der Waals surface area contributed by atoms with Gasteiger partial charge in [0, 0.05) is 26.0 Å². The maximum Gasteiger partial charge on any atom is 0.341 e. The zero-order valence-electron chi connectivity index (χ0n) is 26.8. The molecule has 0 aliphatic heterocycles. The van der Waals surface area contributed by atoms with E-state index in [-0.39, 0.29) is 18.2 Å². The number of anilines is 2. The van der Waals surface area contributed by atoms with Crippen LogP contribution in [-0.2, 0) is 27.2 Å². The molecule has 0 saturated heterocycles. The lowest BCUT2D eigenvalue weighted by Crippen LogP contribution is -2.30. The van der Waals surface area contributed by atoms with Crippen molar-refractivity contribution in [2.75, 3.05) is 17.2 Å². The number of carbonyl (C=O) groups excluding carboxylic acids is 4. The van der Waals surface area contributed by atoms with Gasteiger partial charge in [0.1, 0.15) is 10.7 Å². The number of amides is 3. The van der Waals surface area contributed by atoms with Crippen LogP contribution in [0.15, 0.2) is 89.5 Å². The molecule has 1 aliphatic rings. The third kappa shape index (κ3) is 8.74. The Hall–Kier alpha value is -4.38. The van der Waals surface area contributed by atoms with Crippen LogP contribution in [0.2, 0.25) is 5.02 Å². The van der Waals surface area contributed by atoms with Crippen molar-refractivity contribution in [2.45, 2.75) is 50.2 Å². The number of rotatable bonds is 11. The fraction of sp³-hybridized carbons (Fsp3) is 0.243. The van der Waals surface area contributed by atoms with Crippen molar-refractivity contribution in [1.29, 1.82) is 0 Å². The summed E-state index contributed by atoms with van der Waals surface area (Å²) in [4.78, 5) is 54.7. The van der Waals surface area contributed by atoms with Crippen LogP contribution in [0.3, 0.4) is 0 Å². The van der Waals surface area contributed by atoms with Crippen molar-refractivity contribution in [1.82, 2.24) is 5.32 Å². The zero-order chi connectivity index (χ0) is 34.2. The summed E-state index contributed by atoms with van der Waals surface area (Å²) in [7, 11) is 0. The third-order valence-electron chi connectivity index (χ3n) is 7.74. The summed E-state index contributed by atoms with van der Waals surface area (Å²) >= 11 is 9.13. The molecule has 1 heterocycles. The SMILES string of the molecule is CCOC(=O)c1c(NC(=O)C(C)Sc2cccc(NC(=O)/C(=C\c3ccccc3Cl)NC(=O)c3ccccc3)c2)sc2c1CCC(C)C2. The Morgan fingerprint density at radius 2 is 1.77 bits per heavy atom. The van der Waals surface area contributed by atoms with Crippen LogP contribution >= 0.6 is 34.7 Å². The highest BCUT2D eigenvalue weighted by Crippen LogP contribution is 2.40. The number of nitrogens with one attached hydrogen (secondary N) is 3. The Morgan fingerprint density at radius 3 is 2.52 bits per heavy atom. The molecule has 4 aromatic rings. The first-order valence-corrected chi connectivity index (χ1v) is 17.7. The molecule has 0 fully saturated rings. The number of benzene rings is 3. The minimum atomic E-state index is -0.547. The van der Waals surface area contributed by atoms with Crippen molar-refractivity contribution >= 4 is 75.2 Å². The van der Waals surface area contributed by atoms with E-state index in [2.05, 4.69) is 22.9 Å². The lowest BCUT2D eigenvalue weighted by atomic mass is 9.88. The summed E-state index contributed by atoms with van der Waals surface area (Å²) in [5.41, 5.74) is 2.90. The van der Waals surface area contributed by atoms with E-state index in [1.54, 1.807) is 86.6 Å². The van der Waals surface area contributed by atoms with Crippen LogP contribution in [0.4, 0.5) is 10.7 Å². The van der Waals surface area contributed by atoms with Gasteiger partial charge >= 0.3 is 5.97 Å². The lowest BCUT2D eigenvalue weighted by molar-refractivity contribution is -0.115. The average Bonchev–Trinajstić information content (AvgIpc) is 3.42. The van der Waals surface area contributed by atoms with Gasteiger partial charge in [0.05, 0.1) is 17.4 Å². The van der Waals surface area contributed by atoms with Crippen LogP contribution < -0.4 is 16.0 Å². The molecule has 5 rings (SSSR count). The number of hydrogen-bond acceptors (Lipinski definition) is 7. The molecule has 1 aliphatic carbocycles. The van der Waals surface area contributed by atoms with Crippen LogP contribution in [0.1, 0.15) is 63.9 Å². The van der Waals surface area contributed by atoms with Gasteiger partial charge in [-0.25, -0.2) is 4.79 Å². The molecular weight excluding hydrogens is 666 g/mol. The van der Waals surface area contributed by atoms with Crippen molar-refractivity contribution in [3.05, 3.63) is 117 Å². The van der Waals surface area contributed by atoms with Crippen molar-refractivity contribution < 1.29 is 23.9 Å². The van der Waals surface area contributed by atoms with Gasteiger partial charge in [-0.3, -0.25) is 14.4 Å². The van der Waals surface area contributed by atoms with Gasteiger partial charge in [-0.15, -0.1) is 23.1 Å². The quantitative estimate of drug-likeness (QED) is 0.0825. The molecule has 248 valence electrons. The molecule has 1 aromatic heterocycles. The zero-order valence-corrected chi connectivity index (χ0v) is 29.2. The maximum atomic E-state index is 13.5. The predicted molar refractivity (Wildman–Crippen MR) is 194 cm³/mol. The maximum absolute atomic E-state index is 13.5. The van der Waals surface area contributed by atoms with E-state index in [0.717, 1.165) is 34.6 Å². The number of ether oxygens (including phenoxy) is 1. The topological polar surface area (TPSA) is 114 Å². The largest absolute Gasteiger partial charge is 0.462 e. The van der Waals surface area contributed by atoms with Gasteiger partial charge in [0.15, 0.2) is 0 Å². The van der Waals surface area contributed by atoms with Gasteiger partial charge in [-0.05, 0) is 92.6 Å². The minimum Gasteiger partial charge on any atom is -0.462 e. The molecule has 3 amide bonds. The molecule has 8 nitrogen and oxygen atoms in total. The third-order valence-corrected chi connectivity index (χ3v) is 10.3. The molecule has 3 aromatic carbocycles. The Balaban J connectivity index is 1.30. The number of thiophene rings is 1.